The number of carbonyl (C=O) groups is 3. The molecule has 0 heterocycles. The van der Waals surface area contributed by atoms with Crippen LogP contribution in [0.15, 0.2) is 95.2 Å². The lowest BCUT2D eigenvalue weighted by Gasteiger charge is -2.17. The number of carbonyl (C=O) groups excluding carboxylic acids is 3. The second kappa shape index (κ2) is 18.2. The molecule has 0 fully saturated rings. The number of hydrogen-bond acceptors (Lipinski definition) is 7. The van der Waals surface area contributed by atoms with Crippen LogP contribution < -0.4 is 16.0 Å². The molecule has 0 aliphatic rings. The fourth-order valence-corrected chi connectivity index (χ4v) is 6.37. The monoisotopic (exact) mass is 671 g/mol. The summed E-state index contributed by atoms with van der Waals surface area (Å²) in [5.41, 5.74) is 2.30. The lowest BCUT2D eigenvalue weighted by atomic mass is 9.99. The second-order valence-electron chi connectivity index (χ2n) is 9.28. The summed E-state index contributed by atoms with van der Waals surface area (Å²) in [5, 5.41) is 27.6. The van der Waals surface area contributed by atoms with Gasteiger partial charge in [-0.15, -0.1) is 0 Å². The van der Waals surface area contributed by atoms with E-state index in [1.807, 2.05) is 36.4 Å². The zero-order valence-corrected chi connectivity index (χ0v) is 26.1. The first-order valence-electron chi connectivity index (χ1n) is 13.4. The largest absolute Gasteiger partial charge is 0.515 e. The van der Waals surface area contributed by atoms with Crippen LogP contribution in [0.25, 0.3) is 0 Å². The molecule has 0 unspecified atom stereocenters. The molecular weight excluding hydrogens is 638 g/mol. The van der Waals surface area contributed by atoms with Crippen molar-refractivity contribution < 1.29 is 24.6 Å². The Morgan fingerprint density at radius 3 is 2.00 bits per heavy atom. The highest BCUT2D eigenvalue weighted by molar-refractivity contribution is 9.10. The van der Waals surface area contributed by atoms with Crippen LogP contribution in [0.1, 0.15) is 24.8 Å². The number of aliphatic hydroxyl groups excluding tert-OH is 1. The van der Waals surface area contributed by atoms with Gasteiger partial charge in [-0.25, -0.2) is 0 Å². The van der Waals surface area contributed by atoms with Crippen molar-refractivity contribution in [3.8, 4) is 5.75 Å². The summed E-state index contributed by atoms with van der Waals surface area (Å²) in [4.78, 5) is 38.4. The summed E-state index contributed by atoms with van der Waals surface area (Å²) in [6.45, 7) is 0.439. The lowest BCUT2D eigenvalue weighted by molar-refractivity contribution is -0.129. The first-order chi connectivity index (χ1) is 20.4. The van der Waals surface area contributed by atoms with Crippen LogP contribution in [-0.2, 0) is 20.8 Å². The highest BCUT2D eigenvalue weighted by Crippen LogP contribution is 2.26. The van der Waals surface area contributed by atoms with E-state index in [-0.39, 0.29) is 35.5 Å². The maximum atomic E-state index is 13.0. The van der Waals surface area contributed by atoms with Gasteiger partial charge in [0, 0.05) is 35.8 Å². The molecule has 5 N–H and O–H groups in total. The Labute approximate surface area is 262 Å². The SMILES string of the molecule is O=C(NCCSSCCCCC(C(=O)Nc1ccccc1)C(=O)Nc1ccccc1)/C(=C/O)Cc1ccc(O)c(Br)c1. The van der Waals surface area contributed by atoms with Gasteiger partial charge in [0.25, 0.3) is 5.91 Å². The van der Waals surface area contributed by atoms with Gasteiger partial charge in [-0.05, 0) is 70.7 Å². The van der Waals surface area contributed by atoms with E-state index < -0.39 is 5.92 Å². The molecule has 222 valence electrons. The Hall–Kier alpha value is -3.41. The molecule has 0 spiro atoms. The van der Waals surface area contributed by atoms with E-state index >= 15 is 0 Å². The molecule has 0 atom stereocenters. The number of unbranched alkanes of at least 4 members (excludes halogenated alkanes) is 1. The molecule has 0 saturated carbocycles. The van der Waals surface area contributed by atoms with Gasteiger partial charge < -0.3 is 26.2 Å². The van der Waals surface area contributed by atoms with Gasteiger partial charge in [0.2, 0.25) is 11.8 Å². The van der Waals surface area contributed by atoms with Crippen LogP contribution in [-0.4, -0.2) is 46.0 Å². The summed E-state index contributed by atoms with van der Waals surface area (Å²) in [7, 11) is 3.29. The topological polar surface area (TPSA) is 128 Å². The molecule has 42 heavy (non-hydrogen) atoms. The maximum absolute atomic E-state index is 13.0. The number of para-hydroxylation sites is 2. The number of phenols is 1. The molecule has 11 heteroatoms. The third-order valence-electron chi connectivity index (χ3n) is 6.09. The van der Waals surface area contributed by atoms with Crippen LogP contribution >= 0.6 is 37.5 Å². The molecule has 0 aliphatic carbocycles. The molecule has 3 aromatic rings. The molecular formula is C31H34BrN3O5S2. The van der Waals surface area contributed by atoms with Crippen LogP contribution in [0.5, 0.6) is 5.75 Å². The van der Waals surface area contributed by atoms with E-state index in [1.54, 1.807) is 58.0 Å². The summed E-state index contributed by atoms with van der Waals surface area (Å²) < 4.78 is 0.521. The Balaban J connectivity index is 1.36. The van der Waals surface area contributed by atoms with Gasteiger partial charge >= 0.3 is 0 Å². The van der Waals surface area contributed by atoms with Crippen molar-refractivity contribution in [2.75, 3.05) is 28.7 Å². The Morgan fingerprint density at radius 1 is 0.833 bits per heavy atom. The number of aromatic hydroxyl groups is 1. The van der Waals surface area contributed by atoms with E-state index in [0.29, 0.717) is 41.0 Å². The fraction of sp³-hybridized carbons (Fsp3) is 0.258. The lowest BCUT2D eigenvalue weighted by Crippen LogP contribution is -2.34. The third kappa shape index (κ3) is 11.5. The summed E-state index contributed by atoms with van der Waals surface area (Å²) in [5.74, 6) is -0.210. The smallest absolute Gasteiger partial charge is 0.250 e. The van der Waals surface area contributed by atoms with E-state index in [4.69, 9.17) is 0 Å². The first kappa shape index (κ1) is 33.1. The molecule has 0 saturated heterocycles. The minimum atomic E-state index is -0.824. The summed E-state index contributed by atoms with van der Waals surface area (Å²) in [6, 6.07) is 23.1. The van der Waals surface area contributed by atoms with Crippen molar-refractivity contribution in [2.24, 2.45) is 5.92 Å². The molecule has 3 aromatic carbocycles. The first-order valence-corrected chi connectivity index (χ1v) is 16.7. The predicted molar refractivity (Wildman–Crippen MR) is 176 cm³/mol. The van der Waals surface area contributed by atoms with Gasteiger partial charge in [0.15, 0.2) is 0 Å². The summed E-state index contributed by atoms with van der Waals surface area (Å²) in [6.07, 6.45) is 3.00. The number of amides is 3. The zero-order valence-electron chi connectivity index (χ0n) is 22.9. The van der Waals surface area contributed by atoms with Crippen molar-refractivity contribution in [1.29, 1.82) is 0 Å². The summed E-state index contributed by atoms with van der Waals surface area (Å²) >= 11 is 3.25. The Morgan fingerprint density at radius 2 is 1.43 bits per heavy atom. The minimum Gasteiger partial charge on any atom is -0.515 e. The molecule has 3 rings (SSSR count). The number of halogens is 1. The Bertz CT molecular complexity index is 1290. The number of hydrogen-bond donors (Lipinski definition) is 5. The normalized spacial score (nSPS) is 11.2. The number of nitrogens with one attached hydrogen (secondary N) is 3. The molecule has 3 amide bonds. The second-order valence-corrected chi connectivity index (χ2v) is 12.8. The molecule has 0 radical (unpaired) electrons. The van der Waals surface area contributed by atoms with Crippen molar-refractivity contribution in [3.05, 3.63) is 101 Å². The fourth-order valence-electron chi connectivity index (χ4n) is 3.89. The molecule has 8 nitrogen and oxygen atoms in total. The number of anilines is 2. The van der Waals surface area contributed by atoms with E-state index in [9.17, 15) is 24.6 Å². The standard InChI is InChI=1S/C31H34BrN3O5S2/c32-27-20-22(14-15-28(27)37)19-23(21-36)29(38)33-16-18-42-41-17-8-7-13-26(30(39)34-24-9-3-1-4-10-24)31(40)35-25-11-5-2-6-12-25/h1-6,9-12,14-15,20-21,26,36-37H,7-8,13,16-19H2,(H,33,38)(H,34,39)(H,35,40)/b23-21+. The minimum absolute atomic E-state index is 0.106. The number of rotatable bonds is 16. The van der Waals surface area contributed by atoms with Gasteiger partial charge in [-0.2, -0.15) is 0 Å². The van der Waals surface area contributed by atoms with Crippen LogP contribution in [0.3, 0.4) is 0 Å². The highest BCUT2D eigenvalue weighted by atomic mass is 79.9. The predicted octanol–water partition coefficient (Wildman–Crippen LogP) is 6.70. The molecule has 0 bridgehead atoms. The van der Waals surface area contributed by atoms with Gasteiger partial charge in [-0.1, -0.05) is 70.5 Å². The third-order valence-corrected chi connectivity index (χ3v) is 9.22. The number of phenolic OH excluding ortho intramolecular Hbond substituents is 1. The van der Waals surface area contributed by atoms with E-state index in [0.717, 1.165) is 24.0 Å². The number of benzene rings is 3. The average molecular weight is 673 g/mol. The van der Waals surface area contributed by atoms with E-state index in [2.05, 4.69) is 31.9 Å². The van der Waals surface area contributed by atoms with Gasteiger partial charge in [-0.3, -0.25) is 14.4 Å². The Kier molecular flexibility index (Phi) is 14.3. The molecule has 0 aliphatic heterocycles. The van der Waals surface area contributed by atoms with Crippen LogP contribution in [0.2, 0.25) is 0 Å². The average Bonchev–Trinajstić information content (AvgIpc) is 2.99. The maximum Gasteiger partial charge on any atom is 0.250 e. The van der Waals surface area contributed by atoms with Gasteiger partial charge in [0.05, 0.1) is 16.3 Å². The van der Waals surface area contributed by atoms with Gasteiger partial charge in [0.1, 0.15) is 11.7 Å². The molecule has 0 aromatic heterocycles. The van der Waals surface area contributed by atoms with Crippen LogP contribution in [0.4, 0.5) is 11.4 Å². The highest BCUT2D eigenvalue weighted by Gasteiger charge is 2.26. The van der Waals surface area contributed by atoms with E-state index in [1.165, 1.54) is 6.07 Å². The van der Waals surface area contributed by atoms with Crippen molar-refractivity contribution in [2.45, 2.75) is 25.7 Å². The van der Waals surface area contributed by atoms with Crippen molar-refractivity contribution >= 4 is 66.6 Å². The zero-order chi connectivity index (χ0) is 30.2. The van der Waals surface area contributed by atoms with Crippen LogP contribution in [0, 0.1) is 5.92 Å². The van der Waals surface area contributed by atoms with Crippen molar-refractivity contribution in [3.63, 3.8) is 0 Å². The van der Waals surface area contributed by atoms with Crippen molar-refractivity contribution in [1.82, 2.24) is 5.32 Å². The number of aliphatic hydroxyl groups is 1. The quantitative estimate of drug-likeness (QED) is 0.0377.